The first-order valence-electron chi connectivity index (χ1n) is 7.04. The van der Waals surface area contributed by atoms with Gasteiger partial charge < -0.3 is 16.4 Å². The number of nitrogens with one attached hydrogen (secondary N) is 2. The van der Waals surface area contributed by atoms with Crippen molar-refractivity contribution in [3.63, 3.8) is 0 Å². The Hall–Kier alpha value is -1.88. The van der Waals surface area contributed by atoms with Gasteiger partial charge in [0.2, 0.25) is 11.8 Å². The van der Waals surface area contributed by atoms with E-state index in [-0.39, 0.29) is 5.91 Å². The molecule has 1 aromatic carbocycles. The highest BCUT2D eigenvalue weighted by molar-refractivity contribution is 5.92. The maximum absolute atomic E-state index is 11.5. The molecule has 4 N–H and O–H groups in total. The van der Waals surface area contributed by atoms with Gasteiger partial charge in [-0.2, -0.15) is 0 Å². The van der Waals surface area contributed by atoms with Crippen molar-refractivity contribution >= 4 is 11.8 Å². The molecule has 1 aromatic rings. The maximum atomic E-state index is 11.5. The van der Waals surface area contributed by atoms with Gasteiger partial charge in [-0.15, -0.1) is 0 Å². The molecule has 0 unspecified atom stereocenters. The van der Waals surface area contributed by atoms with Crippen molar-refractivity contribution in [2.24, 2.45) is 5.73 Å². The Balaban J connectivity index is 1.61. The Morgan fingerprint density at radius 1 is 1.30 bits per heavy atom. The number of rotatable bonds is 8. The van der Waals surface area contributed by atoms with Gasteiger partial charge in [0.05, 0.1) is 0 Å². The van der Waals surface area contributed by atoms with E-state index in [1.54, 1.807) is 12.1 Å². The smallest absolute Gasteiger partial charge is 0.248 e. The Bertz CT molecular complexity index is 484. The number of hydrogen-bond acceptors (Lipinski definition) is 3. The van der Waals surface area contributed by atoms with Crippen LogP contribution in [0.25, 0.3) is 0 Å². The van der Waals surface area contributed by atoms with Gasteiger partial charge in [-0.25, -0.2) is 0 Å². The molecular formula is C15H21N3O2. The van der Waals surface area contributed by atoms with Crippen molar-refractivity contribution in [1.29, 1.82) is 0 Å². The van der Waals surface area contributed by atoms with Gasteiger partial charge in [-0.05, 0) is 43.5 Å². The van der Waals surface area contributed by atoms with E-state index in [1.807, 2.05) is 12.1 Å². The fourth-order valence-electron chi connectivity index (χ4n) is 1.97. The SMILES string of the molecule is NC(=O)c1cccc(CNCCCC(=O)NC2CC2)c1. The highest BCUT2D eigenvalue weighted by Gasteiger charge is 2.22. The molecule has 0 saturated heterocycles. The van der Waals surface area contributed by atoms with Crippen LogP contribution in [0.4, 0.5) is 0 Å². The number of carbonyl (C=O) groups is 2. The molecule has 0 spiro atoms. The monoisotopic (exact) mass is 275 g/mol. The first kappa shape index (κ1) is 14.5. The van der Waals surface area contributed by atoms with Crippen molar-refractivity contribution in [3.05, 3.63) is 35.4 Å². The average Bonchev–Trinajstić information content (AvgIpc) is 3.22. The van der Waals surface area contributed by atoms with E-state index in [0.29, 0.717) is 24.6 Å². The van der Waals surface area contributed by atoms with E-state index in [0.717, 1.165) is 31.4 Å². The molecule has 0 bridgehead atoms. The number of nitrogens with two attached hydrogens (primary N) is 1. The minimum Gasteiger partial charge on any atom is -0.366 e. The highest BCUT2D eigenvalue weighted by Crippen LogP contribution is 2.18. The molecular weight excluding hydrogens is 254 g/mol. The molecule has 1 aliphatic rings. The highest BCUT2D eigenvalue weighted by atomic mass is 16.2. The normalized spacial score (nSPS) is 14.0. The minimum atomic E-state index is -0.413. The van der Waals surface area contributed by atoms with Gasteiger partial charge in [0, 0.05) is 24.6 Å². The second-order valence-electron chi connectivity index (χ2n) is 5.19. The Morgan fingerprint density at radius 3 is 2.80 bits per heavy atom. The van der Waals surface area contributed by atoms with Crippen molar-refractivity contribution in [2.75, 3.05) is 6.54 Å². The van der Waals surface area contributed by atoms with Crippen LogP contribution < -0.4 is 16.4 Å². The molecule has 1 fully saturated rings. The van der Waals surface area contributed by atoms with Crippen LogP contribution in [0.15, 0.2) is 24.3 Å². The van der Waals surface area contributed by atoms with Crippen LogP contribution in [0, 0.1) is 0 Å². The molecule has 2 amide bonds. The minimum absolute atomic E-state index is 0.144. The lowest BCUT2D eigenvalue weighted by Crippen LogP contribution is -2.26. The van der Waals surface area contributed by atoms with Crippen molar-refractivity contribution in [2.45, 2.75) is 38.3 Å². The first-order chi connectivity index (χ1) is 9.65. The van der Waals surface area contributed by atoms with Crippen LogP contribution in [-0.2, 0) is 11.3 Å². The largest absolute Gasteiger partial charge is 0.366 e. The third-order valence-corrected chi connectivity index (χ3v) is 3.24. The summed E-state index contributed by atoms with van der Waals surface area (Å²) in [5, 5.41) is 6.22. The van der Waals surface area contributed by atoms with Crippen molar-refractivity contribution < 1.29 is 9.59 Å². The van der Waals surface area contributed by atoms with Crippen LogP contribution in [-0.4, -0.2) is 24.4 Å². The summed E-state index contributed by atoms with van der Waals surface area (Å²) < 4.78 is 0. The predicted molar refractivity (Wildman–Crippen MR) is 77.1 cm³/mol. The molecule has 5 nitrogen and oxygen atoms in total. The van der Waals surface area contributed by atoms with Gasteiger partial charge >= 0.3 is 0 Å². The summed E-state index contributed by atoms with van der Waals surface area (Å²) >= 11 is 0. The van der Waals surface area contributed by atoms with Crippen LogP contribution in [0.1, 0.15) is 41.6 Å². The predicted octanol–water partition coefficient (Wildman–Crippen LogP) is 0.934. The van der Waals surface area contributed by atoms with E-state index < -0.39 is 5.91 Å². The molecule has 108 valence electrons. The first-order valence-corrected chi connectivity index (χ1v) is 7.04. The number of hydrogen-bond donors (Lipinski definition) is 3. The zero-order valence-corrected chi connectivity index (χ0v) is 11.5. The Kier molecular flexibility index (Phi) is 5.12. The van der Waals surface area contributed by atoms with Gasteiger partial charge in [-0.3, -0.25) is 9.59 Å². The standard InChI is InChI=1S/C15H21N3O2/c16-15(20)12-4-1-3-11(9-12)10-17-8-2-5-14(19)18-13-6-7-13/h1,3-4,9,13,17H,2,5-8,10H2,(H2,16,20)(H,18,19). The fourth-order valence-corrected chi connectivity index (χ4v) is 1.97. The summed E-state index contributed by atoms with van der Waals surface area (Å²) in [4.78, 5) is 22.5. The molecule has 0 radical (unpaired) electrons. The second-order valence-corrected chi connectivity index (χ2v) is 5.19. The molecule has 1 aliphatic carbocycles. The van der Waals surface area contributed by atoms with Crippen LogP contribution >= 0.6 is 0 Å². The van der Waals surface area contributed by atoms with Gasteiger partial charge in [0.1, 0.15) is 0 Å². The van der Waals surface area contributed by atoms with Gasteiger partial charge in [0.25, 0.3) is 0 Å². The fraction of sp³-hybridized carbons (Fsp3) is 0.467. The van der Waals surface area contributed by atoms with Crippen molar-refractivity contribution in [3.8, 4) is 0 Å². The van der Waals surface area contributed by atoms with Crippen LogP contribution in [0.5, 0.6) is 0 Å². The van der Waals surface area contributed by atoms with Crippen LogP contribution in [0.3, 0.4) is 0 Å². The van der Waals surface area contributed by atoms with Crippen LogP contribution in [0.2, 0.25) is 0 Å². The van der Waals surface area contributed by atoms with Crippen molar-refractivity contribution in [1.82, 2.24) is 10.6 Å². The number of benzene rings is 1. The summed E-state index contributed by atoms with van der Waals surface area (Å²) in [5.41, 5.74) is 6.77. The Morgan fingerprint density at radius 2 is 2.10 bits per heavy atom. The zero-order chi connectivity index (χ0) is 14.4. The quantitative estimate of drug-likeness (QED) is 0.617. The Labute approximate surface area is 118 Å². The lowest BCUT2D eigenvalue weighted by molar-refractivity contribution is -0.121. The van der Waals surface area contributed by atoms with E-state index in [9.17, 15) is 9.59 Å². The number of amides is 2. The topological polar surface area (TPSA) is 84.2 Å². The molecule has 2 rings (SSSR count). The number of carbonyl (C=O) groups excluding carboxylic acids is 2. The van der Waals surface area contributed by atoms with E-state index in [2.05, 4.69) is 10.6 Å². The second kappa shape index (κ2) is 7.05. The third-order valence-electron chi connectivity index (χ3n) is 3.24. The maximum Gasteiger partial charge on any atom is 0.248 e. The van der Waals surface area contributed by atoms with Gasteiger partial charge in [0.15, 0.2) is 0 Å². The zero-order valence-electron chi connectivity index (χ0n) is 11.5. The van der Waals surface area contributed by atoms with E-state index in [4.69, 9.17) is 5.73 Å². The molecule has 0 atom stereocenters. The molecule has 0 aliphatic heterocycles. The molecule has 0 aromatic heterocycles. The molecule has 20 heavy (non-hydrogen) atoms. The van der Waals surface area contributed by atoms with Gasteiger partial charge in [-0.1, -0.05) is 12.1 Å². The summed E-state index contributed by atoms with van der Waals surface area (Å²) in [7, 11) is 0. The molecule has 0 heterocycles. The number of primary amides is 1. The molecule has 5 heteroatoms. The van der Waals surface area contributed by atoms with E-state index in [1.165, 1.54) is 0 Å². The molecule has 1 saturated carbocycles. The van der Waals surface area contributed by atoms with E-state index >= 15 is 0 Å². The lowest BCUT2D eigenvalue weighted by Gasteiger charge is -2.06. The average molecular weight is 275 g/mol. The third kappa shape index (κ3) is 5.01. The summed E-state index contributed by atoms with van der Waals surface area (Å²) in [6, 6.07) is 7.69. The summed E-state index contributed by atoms with van der Waals surface area (Å²) in [6.07, 6.45) is 3.62. The summed E-state index contributed by atoms with van der Waals surface area (Å²) in [5.74, 6) is -0.270. The lowest BCUT2D eigenvalue weighted by atomic mass is 10.1. The summed E-state index contributed by atoms with van der Waals surface area (Å²) in [6.45, 7) is 1.45.